The van der Waals surface area contributed by atoms with Gasteiger partial charge in [-0.2, -0.15) is 13.2 Å². The summed E-state index contributed by atoms with van der Waals surface area (Å²) in [5, 5.41) is 5.57. The molecule has 1 fully saturated rings. The highest BCUT2D eigenvalue weighted by atomic mass is 35.5. The zero-order chi connectivity index (χ0) is 24.2. The van der Waals surface area contributed by atoms with Gasteiger partial charge in [0.25, 0.3) is 0 Å². The van der Waals surface area contributed by atoms with Crippen LogP contribution in [0.5, 0.6) is 0 Å². The van der Waals surface area contributed by atoms with Crippen LogP contribution in [0.3, 0.4) is 0 Å². The highest BCUT2D eigenvalue weighted by Crippen LogP contribution is 2.38. The summed E-state index contributed by atoms with van der Waals surface area (Å²) in [7, 11) is 1.09. The summed E-state index contributed by atoms with van der Waals surface area (Å²) in [5.74, 6) is -2.05. The van der Waals surface area contributed by atoms with Gasteiger partial charge in [0, 0.05) is 12.2 Å². The Labute approximate surface area is 192 Å². The molecule has 1 saturated carbocycles. The van der Waals surface area contributed by atoms with E-state index in [1.54, 1.807) is 0 Å². The summed E-state index contributed by atoms with van der Waals surface area (Å²) in [6.45, 7) is 0. The SMILES string of the molecule is COC(=O)C[C@@](NC(=O)NC1CCCC1)(c1cc(F)cc(C(F)(F)F)c1)c1ccc(Cl)cn1. The smallest absolute Gasteiger partial charge is 0.416 e. The van der Waals surface area contributed by atoms with Crippen LogP contribution in [0.1, 0.15) is 48.9 Å². The van der Waals surface area contributed by atoms with Crippen LogP contribution in [0.4, 0.5) is 22.4 Å². The molecule has 0 unspecified atom stereocenters. The number of nitrogens with zero attached hydrogens (tertiary/aromatic N) is 1. The summed E-state index contributed by atoms with van der Waals surface area (Å²) >= 11 is 5.91. The Kier molecular flexibility index (Phi) is 7.46. The number of rotatable bonds is 6. The van der Waals surface area contributed by atoms with Crippen LogP contribution in [0.2, 0.25) is 5.02 Å². The van der Waals surface area contributed by atoms with Gasteiger partial charge in [-0.25, -0.2) is 9.18 Å². The number of hydrogen-bond donors (Lipinski definition) is 2. The largest absolute Gasteiger partial charge is 0.469 e. The molecule has 0 aliphatic heterocycles. The predicted octanol–water partition coefficient (Wildman–Crippen LogP) is 4.94. The zero-order valence-corrected chi connectivity index (χ0v) is 18.4. The van der Waals surface area contributed by atoms with Gasteiger partial charge in [-0.15, -0.1) is 0 Å². The van der Waals surface area contributed by atoms with Crippen LogP contribution < -0.4 is 10.6 Å². The fraction of sp³-hybridized carbons (Fsp3) is 0.409. The quantitative estimate of drug-likeness (QED) is 0.447. The van der Waals surface area contributed by atoms with Crippen LogP contribution >= 0.6 is 11.6 Å². The number of pyridine rings is 1. The van der Waals surface area contributed by atoms with Crippen LogP contribution in [0.25, 0.3) is 0 Å². The summed E-state index contributed by atoms with van der Waals surface area (Å²) in [6.07, 6.45) is -0.955. The molecule has 1 atom stereocenters. The van der Waals surface area contributed by atoms with E-state index in [0.29, 0.717) is 12.1 Å². The standard InChI is InChI=1S/C22H22ClF4N3O3/c1-33-19(31)11-21(18-7-6-15(23)12-28-18,30-20(32)29-17-4-2-3-5-17)13-8-14(22(25,26)27)10-16(24)9-13/h6-10,12,17H,2-5,11H2,1H3,(H2,29,30,32)/t21-/m1/s1. The van der Waals surface area contributed by atoms with E-state index in [4.69, 9.17) is 16.3 Å². The summed E-state index contributed by atoms with van der Waals surface area (Å²) in [4.78, 5) is 29.4. The molecular formula is C22H22ClF4N3O3. The second-order valence-corrected chi connectivity index (χ2v) is 8.26. The van der Waals surface area contributed by atoms with Crippen molar-refractivity contribution in [3.05, 3.63) is 64.2 Å². The highest BCUT2D eigenvalue weighted by Gasteiger charge is 2.43. The first-order chi connectivity index (χ1) is 15.5. The number of alkyl halides is 3. The van der Waals surface area contributed by atoms with Crippen molar-refractivity contribution in [3.8, 4) is 0 Å². The normalized spacial score (nSPS) is 16.2. The Bertz CT molecular complexity index is 1010. The molecule has 1 heterocycles. The van der Waals surface area contributed by atoms with Crippen molar-refractivity contribution in [2.45, 2.75) is 49.9 Å². The Morgan fingerprint density at radius 3 is 2.39 bits per heavy atom. The molecule has 178 valence electrons. The summed E-state index contributed by atoms with van der Waals surface area (Å²) in [6, 6.07) is 3.72. The van der Waals surface area contributed by atoms with Gasteiger partial charge in [-0.05, 0) is 48.7 Å². The highest BCUT2D eigenvalue weighted by molar-refractivity contribution is 6.30. The molecule has 1 aliphatic carbocycles. The van der Waals surface area contributed by atoms with Crippen molar-refractivity contribution in [3.63, 3.8) is 0 Å². The predicted molar refractivity (Wildman–Crippen MR) is 112 cm³/mol. The lowest BCUT2D eigenvalue weighted by atomic mass is 9.82. The molecule has 0 saturated heterocycles. The number of aromatic nitrogens is 1. The number of carbonyl (C=O) groups is 2. The molecule has 0 bridgehead atoms. The number of ether oxygens (including phenoxy) is 1. The van der Waals surface area contributed by atoms with Crippen LogP contribution in [0, 0.1) is 5.82 Å². The van der Waals surface area contributed by atoms with Gasteiger partial charge in [0.2, 0.25) is 0 Å². The van der Waals surface area contributed by atoms with E-state index in [2.05, 4.69) is 15.6 Å². The summed E-state index contributed by atoms with van der Waals surface area (Å²) < 4.78 is 59.5. The van der Waals surface area contributed by atoms with E-state index in [0.717, 1.165) is 38.9 Å². The molecule has 11 heteroatoms. The minimum absolute atomic E-state index is 0.0161. The number of carbonyl (C=O) groups excluding carboxylic acids is 2. The van der Waals surface area contributed by atoms with E-state index in [-0.39, 0.29) is 22.3 Å². The van der Waals surface area contributed by atoms with Crippen molar-refractivity contribution in [2.24, 2.45) is 0 Å². The first-order valence-corrected chi connectivity index (χ1v) is 10.6. The Morgan fingerprint density at radius 1 is 1.15 bits per heavy atom. The lowest BCUT2D eigenvalue weighted by Gasteiger charge is -2.35. The summed E-state index contributed by atoms with van der Waals surface area (Å²) in [5.41, 5.74) is -3.59. The number of halogens is 5. The minimum Gasteiger partial charge on any atom is -0.469 e. The molecule has 33 heavy (non-hydrogen) atoms. The molecule has 2 N–H and O–H groups in total. The van der Waals surface area contributed by atoms with E-state index in [1.807, 2.05) is 0 Å². The number of urea groups is 1. The van der Waals surface area contributed by atoms with Crippen molar-refractivity contribution in [1.82, 2.24) is 15.6 Å². The monoisotopic (exact) mass is 487 g/mol. The number of methoxy groups -OCH3 is 1. The zero-order valence-electron chi connectivity index (χ0n) is 17.6. The van der Waals surface area contributed by atoms with Gasteiger partial charge >= 0.3 is 18.2 Å². The molecule has 1 aliphatic rings. The minimum atomic E-state index is -4.87. The third kappa shape index (κ3) is 5.93. The maximum atomic E-state index is 14.4. The molecule has 0 radical (unpaired) electrons. The average Bonchev–Trinajstić information content (AvgIpc) is 3.25. The number of esters is 1. The fourth-order valence-corrected chi connectivity index (χ4v) is 4.03. The lowest BCUT2D eigenvalue weighted by Crippen LogP contribution is -2.54. The number of hydrogen-bond acceptors (Lipinski definition) is 4. The Balaban J connectivity index is 2.17. The van der Waals surface area contributed by atoms with Crippen LogP contribution in [-0.2, 0) is 21.2 Å². The molecule has 2 aromatic rings. The molecule has 2 amide bonds. The Morgan fingerprint density at radius 2 is 1.82 bits per heavy atom. The second-order valence-electron chi connectivity index (χ2n) is 7.83. The molecule has 1 aromatic carbocycles. The lowest BCUT2D eigenvalue weighted by molar-refractivity contribution is -0.142. The van der Waals surface area contributed by atoms with Crippen LogP contribution in [0.15, 0.2) is 36.5 Å². The van der Waals surface area contributed by atoms with E-state index in [9.17, 15) is 27.2 Å². The second kappa shape index (κ2) is 9.94. The first-order valence-electron chi connectivity index (χ1n) is 10.2. The van der Waals surface area contributed by atoms with E-state index >= 15 is 0 Å². The molecule has 6 nitrogen and oxygen atoms in total. The molecule has 1 aromatic heterocycles. The van der Waals surface area contributed by atoms with Gasteiger partial charge in [0.15, 0.2) is 0 Å². The van der Waals surface area contributed by atoms with Gasteiger partial charge in [-0.3, -0.25) is 9.78 Å². The van der Waals surface area contributed by atoms with Crippen LogP contribution in [-0.4, -0.2) is 30.1 Å². The van der Waals surface area contributed by atoms with Crippen molar-refractivity contribution in [2.75, 3.05) is 7.11 Å². The Hall–Kier alpha value is -2.88. The molecule has 0 spiro atoms. The van der Waals surface area contributed by atoms with Gasteiger partial charge in [0.05, 0.1) is 29.8 Å². The topological polar surface area (TPSA) is 80.3 Å². The number of benzene rings is 1. The van der Waals surface area contributed by atoms with Gasteiger partial charge in [-0.1, -0.05) is 24.4 Å². The number of amides is 2. The van der Waals surface area contributed by atoms with E-state index < -0.39 is 41.5 Å². The van der Waals surface area contributed by atoms with Gasteiger partial charge in [0.1, 0.15) is 11.4 Å². The molecule has 3 rings (SSSR count). The van der Waals surface area contributed by atoms with E-state index in [1.165, 1.54) is 18.3 Å². The van der Waals surface area contributed by atoms with Crippen molar-refractivity contribution < 1.29 is 31.9 Å². The fourth-order valence-electron chi connectivity index (χ4n) is 3.92. The maximum Gasteiger partial charge on any atom is 0.416 e. The average molecular weight is 488 g/mol. The third-order valence-corrected chi connectivity index (χ3v) is 5.76. The number of nitrogens with one attached hydrogen (secondary N) is 2. The first kappa shape index (κ1) is 24.8. The van der Waals surface area contributed by atoms with Crippen molar-refractivity contribution in [1.29, 1.82) is 0 Å². The third-order valence-electron chi connectivity index (χ3n) is 5.54. The molecular weight excluding hydrogens is 466 g/mol. The maximum absolute atomic E-state index is 14.4. The van der Waals surface area contributed by atoms with Gasteiger partial charge < -0.3 is 15.4 Å². The van der Waals surface area contributed by atoms with Crippen molar-refractivity contribution >= 4 is 23.6 Å².